The van der Waals surface area contributed by atoms with E-state index in [9.17, 15) is 4.79 Å². The van der Waals surface area contributed by atoms with Crippen LogP contribution in [0.4, 0.5) is 0 Å². The molecule has 0 saturated carbocycles. The molecule has 0 atom stereocenters. The Labute approximate surface area is 60.0 Å². The van der Waals surface area contributed by atoms with Gasteiger partial charge in [0.1, 0.15) is 0 Å². The van der Waals surface area contributed by atoms with Crippen LogP contribution in [0.3, 0.4) is 0 Å². The topological polar surface area (TPSA) is 56.2 Å². The van der Waals surface area contributed by atoms with E-state index in [2.05, 4.69) is 11.9 Å². The Morgan fingerprint density at radius 3 is 2.90 bits per heavy atom. The lowest BCUT2D eigenvalue weighted by molar-refractivity contribution is -0.103. The number of hydrogen-bond donors (Lipinski definition) is 2. The van der Waals surface area contributed by atoms with Crippen molar-refractivity contribution in [2.24, 2.45) is 0 Å². The van der Waals surface area contributed by atoms with Gasteiger partial charge in [-0.1, -0.05) is 6.58 Å². The first-order valence-electron chi connectivity index (χ1n) is 2.81. The van der Waals surface area contributed by atoms with Crippen molar-refractivity contribution >= 4 is 12.1 Å². The third-order valence-corrected chi connectivity index (χ3v) is 0.996. The highest BCUT2D eigenvalue weighted by Gasteiger charge is 1.98. The molecule has 0 aromatic rings. The van der Waals surface area contributed by atoms with Gasteiger partial charge in [-0.3, -0.25) is 10.2 Å². The molecule has 0 saturated heterocycles. The number of carbonyl (C=O) groups excluding carboxylic acids is 1. The highest BCUT2D eigenvalue weighted by atomic mass is 16.1. The van der Waals surface area contributed by atoms with Gasteiger partial charge in [0.2, 0.25) is 0 Å². The fraction of sp³-hybridized carbons (Fsp3) is 0.333. The lowest BCUT2D eigenvalue weighted by Gasteiger charge is -2.15. The summed E-state index contributed by atoms with van der Waals surface area (Å²) in [6.07, 6.45) is 2.00. The third kappa shape index (κ3) is 2.86. The molecule has 0 fully saturated rings. The van der Waals surface area contributed by atoms with Crippen LogP contribution in [0, 0.1) is 5.41 Å². The summed E-state index contributed by atoms with van der Waals surface area (Å²) in [6.45, 7) is 3.85. The van der Waals surface area contributed by atoms with E-state index in [0.717, 1.165) is 0 Å². The molecule has 4 heteroatoms. The molecule has 0 aliphatic carbocycles. The molecule has 0 aromatic carbocycles. The molecule has 0 aliphatic rings. The zero-order valence-electron chi connectivity index (χ0n) is 5.92. The molecule has 0 radical (unpaired) electrons. The number of hydrogen-bond acceptors (Lipinski definition) is 3. The van der Waals surface area contributed by atoms with Crippen LogP contribution in [0.1, 0.15) is 0 Å². The van der Waals surface area contributed by atoms with Gasteiger partial charge in [-0.15, -0.1) is 0 Å². The second kappa shape index (κ2) is 4.55. The summed E-state index contributed by atoms with van der Waals surface area (Å²) in [6, 6.07) is 0. The van der Waals surface area contributed by atoms with Crippen LogP contribution in [0.15, 0.2) is 12.8 Å². The molecule has 0 unspecified atom stereocenters. The highest BCUT2D eigenvalue weighted by Crippen LogP contribution is 1.77. The molecule has 0 rings (SSSR count). The monoisotopic (exact) mass is 141 g/mol. The molecule has 0 aromatic heterocycles. The Balaban J connectivity index is 3.60. The molecule has 10 heavy (non-hydrogen) atoms. The number of rotatable bonds is 4. The standard InChI is InChI=1S/C6H11N3O/c1-3-8-5-9(2)6(7)4-10/h3-4,7-8H,1,5H2,2H3. The first-order chi connectivity index (χ1) is 4.72. The van der Waals surface area contributed by atoms with Gasteiger partial charge in [-0.25, -0.2) is 0 Å². The van der Waals surface area contributed by atoms with Crippen molar-refractivity contribution in [2.45, 2.75) is 0 Å². The first kappa shape index (κ1) is 8.68. The predicted molar refractivity (Wildman–Crippen MR) is 39.8 cm³/mol. The average Bonchev–Trinajstić information content (AvgIpc) is 1.98. The zero-order valence-corrected chi connectivity index (χ0v) is 5.92. The maximum atomic E-state index is 9.99. The van der Waals surface area contributed by atoms with Crippen molar-refractivity contribution in [3.05, 3.63) is 12.8 Å². The van der Waals surface area contributed by atoms with Crippen molar-refractivity contribution in [1.82, 2.24) is 10.2 Å². The van der Waals surface area contributed by atoms with Crippen molar-refractivity contribution in [3.63, 3.8) is 0 Å². The molecular formula is C6H11N3O. The Morgan fingerprint density at radius 1 is 1.90 bits per heavy atom. The lowest BCUT2D eigenvalue weighted by Crippen LogP contribution is -2.33. The van der Waals surface area contributed by atoms with E-state index in [1.54, 1.807) is 7.05 Å². The number of nitrogens with one attached hydrogen (secondary N) is 2. The van der Waals surface area contributed by atoms with Gasteiger partial charge in [0, 0.05) is 7.05 Å². The molecule has 0 aliphatic heterocycles. The Kier molecular flexibility index (Phi) is 3.95. The summed E-state index contributed by atoms with van der Waals surface area (Å²) >= 11 is 0. The van der Waals surface area contributed by atoms with Crippen LogP contribution >= 0.6 is 0 Å². The first-order valence-corrected chi connectivity index (χ1v) is 2.81. The van der Waals surface area contributed by atoms with E-state index in [-0.39, 0.29) is 5.84 Å². The van der Waals surface area contributed by atoms with Gasteiger partial charge in [-0.2, -0.15) is 0 Å². The van der Waals surface area contributed by atoms with E-state index in [0.29, 0.717) is 13.0 Å². The molecular weight excluding hydrogens is 130 g/mol. The summed E-state index contributed by atoms with van der Waals surface area (Å²) in [5, 5.41) is 9.76. The second-order valence-electron chi connectivity index (χ2n) is 1.77. The van der Waals surface area contributed by atoms with E-state index in [4.69, 9.17) is 5.41 Å². The minimum atomic E-state index is -0.0469. The van der Waals surface area contributed by atoms with Crippen LogP contribution in [0.2, 0.25) is 0 Å². The van der Waals surface area contributed by atoms with Gasteiger partial charge in [-0.05, 0) is 6.20 Å². The van der Waals surface area contributed by atoms with E-state index >= 15 is 0 Å². The number of aldehydes is 1. The van der Waals surface area contributed by atoms with Crippen molar-refractivity contribution in [1.29, 1.82) is 5.41 Å². The van der Waals surface area contributed by atoms with Gasteiger partial charge < -0.3 is 10.2 Å². The van der Waals surface area contributed by atoms with Crippen molar-refractivity contribution < 1.29 is 4.79 Å². The second-order valence-corrected chi connectivity index (χ2v) is 1.77. The molecule has 0 spiro atoms. The smallest absolute Gasteiger partial charge is 0.184 e. The normalized spacial score (nSPS) is 8.10. The molecule has 2 N–H and O–H groups in total. The summed E-state index contributed by atoms with van der Waals surface area (Å²) < 4.78 is 0. The van der Waals surface area contributed by atoms with Crippen LogP contribution in [-0.2, 0) is 4.79 Å². The number of carbonyl (C=O) groups is 1. The molecule has 4 nitrogen and oxygen atoms in total. The van der Waals surface area contributed by atoms with Gasteiger partial charge in [0.15, 0.2) is 12.1 Å². The van der Waals surface area contributed by atoms with Crippen LogP contribution in [-0.4, -0.2) is 30.7 Å². The maximum absolute atomic E-state index is 9.99. The summed E-state index contributed by atoms with van der Waals surface area (Å²) in [5.74, 6) is -0.0469. The van der Waals surface area contributed by atoms with E-state index < -0.39 is 0 Å². The minimum Gasteiger partial charge on any atom is -0.374 e. The van der Waals surface area contributed by atoms with Gasteiger partial charge in [0.25, 0.3) is 0 Å². The van der Waals surface area contributed by atoms with Crippen molar-refractivity contribution in [2.75, 3.05) is 13.7 Å². The Bertz CT molecular complexity index is 144. The largest absolute Gasteiger partial charge is 0.374 e. The number of nitrogens with zero attached hydrogens (tertiary/aromatic N) is 1. The SMILES string of the molecule is C=CNCN(C)C(=N)C=O. The molecule has 56 valence electrons. The van der Waals surface area contributed by atoms with Crippen LogP contribution < -0.4 is 5.32 Å². The molecule has 0 bridgehead atoms. The highest BCUT2D eigenvalue weighted by molar-refractivity contribution is 6.25. The van der Waals surface area contributed by atoms with E-state index in [1.165, 1.54) is 11.1 Å². The lowest BCUT2D eigenvalue weighted by atomic mass is 10.6. The predicted octanol–water partition coefficient (Wildman–Crippen LogP) is -0.215. The summed E-state index contributed by atoms with van der Waals surface area (Å²) in [5.41, 5.74) is 0. The fourth-order valence-electron chi connectivity index (χ4n) is 0.377. The Morgan fingerprint density at radius 2 is 2.50 bits per heavy atom. The summed E-state index contributed by atoms with van der Waals surface area (Å²) in [4.78, 5) is 11.5. The van der Waals surface area contributed by atoms with Gasteiger partial charge in [0.05, 0.1) is 6.67 Å². The molecule has 0 amide bonds. The zero-order chi connectivity index (χ0) is 7.98. The summed E-state index contributed by atoms with van der Waals surface area (Å²) in [7, 11) is 1.65. The van der Waals surface area contributed by atoms with Crippen LogP contribution in [0.25, 0.3) is 0 Å². The average molecular weight is 141 g/mol. The minimum absolute atomic E-state index is 0.0469. The maximum Gasteiger partial charge on any atom is 0.184 e. The van der Waals surface area contributed by atoms with Crippen LogP contribution in [0.5, 0.6) is 0 Å². The number of likely N-dealkylation sites (N-methyl/N-ethyl adjacent to an activating group) is 1. The fourth-order valence-corrected chi connectivity index (χ4v) is 0.377. The van der Waals surface area contributed by atoms with Gasteiger partial charge >= 0.3 is 0 Å². The Hall–Kier alpha value is -1.32. The number of amidine groups is 1. The van der Waals surface area contributed by atoms with Crippen molar-refractivity contribution in [3.8, 4) is 0 Å². The third-order valence-electron chi connectivity index (χ3n) is 0.996. The molecule has 0 heterocycles. The van der Waals surface area contributed by atoms with E-state index in [1.807, 2.05) is 0 Å². The quantitative estimate of drug-likeness (QED) is 0.246.